The average molecular weight is 218 g/mol. The van der Waals surface area contributed by atoms with E-state index in [0.717, 1.165) is 12.1 Å². The highest BCUT2D eigenvalue weighted by atomic mass is 15.1. The van der Waals surface area contributed by atoms with Crippen molar-refractivity contribution in [3.63, 3.8) is 0 Å². The maximum atomic E-state index is 4.15. The summed E-state index contributed by atoms with van der Waals surface area (Å²) < 4.78 is 0. The highest BCUT2D eigenvalue weighted by Crippen LogP contribution is 2.26. The van der Waals surface area contributed by atoms with E-state index in [1.807, 2.05) is 14.1 Å². The van der Waals surface area contributed by atoms with Crippen LogP contribution in [0.4, 0.5) is 0 Å². The molecular formula is C14H22N2. The lowest BCUT2D eigenvalue weighted by Gasteiger charge is -2.25. The molecule has 88 valence electrons. The van der Waals surface area contributed by atoms with E-state index in [9.17, 15) is 0 Å². The third-order valence-electron chi connectivity index (χ3n) is 2.73. The van der Waals surface area contributed by atoms with Gasteiger partial charge < -0.3 is 9.80 Å². The lowest BCUT2D eigenvalue weighted by Crippen LogP contribution is -2.19. The van der Waals surface area contributed by atoms with Gasteiger partial charge in [0.25, 0.3) is 0 Å². The first-order valence-electron chi connectivity index (χ1n) is 5.56. The average Bonchev–Trinajstić information content (AvgIpc) is 2.38. The zero-order chi connectivity index (χ0) is 12.3. The van der Waals surface area contributed by atoms with Crippen LogP contribution in [0.15, 0.2) is 47.3 Å². The van der Waals surface area contributed by atoms with Crippen molar-refractivity contribution in [2.45, 2.75) is 13.3 Å². The highest BCUT2D eigenvalue weighted by Gasteiger charge is 2.14. The molecule has 1 aliphatic carbocycles. The largest absolute Gasteiger partial charge is 0.378 e. The molecule has 0 fully saturated rings. The van der Waals surface area contributed by atoms with Crippen LogP contribution < -0.4 is 0 Å². The van der Waals surface area contributed by atoms with Crippen molar-refractivity contribution in [3.05, 3.63) is 47.3 Å². The van der Waals surface area contributed by atoms with Crippen molar-refractivity contribution in [2.24, 2.45) is 0 Å². The van der Waals surface area contributed by atoms with Crippen molar-refractivity contribution >= 4 is 0 Å². The van der Waals surface area contributed by atoms with Gasteiger partial charge in [0.2, 0.25) is 0 Å². The van der Waals surface area contributed by atoms with E-state index in [-0.39, 0.29) is 0 Å². The minimum atomic E-state index is 0.986. The number of hydrogen-bond acceptors (Lipinski definition) is 2. The highest BCUT2D eigenvalue weighted by molar-refractivity contribution is 5.49. The van der Waals surface area contributed by atoms with Gasteiger partial charge in [0, 0.05) is 45.2 Å². The van der Waals surface area contributed by atoms with Gasteiger partial charge in [0.1, 0.15) is 0 Å². The molecule has 2 heteroatoms. The molecule has 0 atom stereocenters. The fraction of sp³-hybridized carbons (Fsp3) is 0.429. The Morgan fingerprint density at radius 1 is 1.19 bits per heavy atom. The summed E-state index contributed by atoms with van der Waals surface area (Å²) in [5, 5.41) is 0. The van der Waals surface area contributed by atoms with Crippen LogP contribution in [0.2, 0.25) is 0 Å². The summed E-state index contributed by atoms with van der Waals surface area (Å²) in [5.41, 5.74) is 4.80. The van der Waals surface area contributed by atoms with Crippen LogP contribution in [0.1, 0.15) is 13.3 Å². The summed E-state index contributed by atoms with van der Waals surface area (Å²) in [5.74, 6) is 0. The zero-order valence-electron chi connectivity index (χ0n) is 11.0. The molecule has 0 bridgehead atoms. The smallest absolute Gasteiger partial charge is 0.0418 e. The van der Waals surface area contributed by atoms with Crippen LogP contribution >= 0.6 is 0 Å². The Labute approximate surface area is 99.2 Å². The Kier molecular flexibility index (Phi) is 3.99. The molecule has 0 amide bonds. The van der Waals surface area contributed by atoms with Gasteiger partial charge in [-0.1, -0.05) is 24.3 Å². The Balaban J connectivity index is 3.16. The second-order valence-corrected chi connectivity index (χ2v) is 4.57. The number of likely N-dealkylation sites (N-methyl/N-ethyl adjacent to an activating group) is 2. The van der Waals surface area contributed by atoms with Gasteiger partial charge in [-0.05, 0) is 19.4 Å². The topological polar surface area (TPSA) is 6.48 Å². The van der Waals surface area contributed by atoms with Crippen molar-refractivity contribution in [3.8, 4) is 0 Å². The van der Waals surface area contributed by atoms with Crippen LogP contribution in [0, 0.1) is 0 Å². The Hall–Kier alpha value is -1.44. The van der Waals surface area contributed by atoms with Crippen LogP contribution in [0.3, 0.4) is 0 Å². The summed E-state index contributed by atoms with van der Waals surface area (Å²) in [6, 6.07) is 0. The minimum Gasteiger partial charge on any atom is -0.378 e. The van der Waals surface area contributed by atoms with E-state index >= 15 is 0 Å². The molecule has 0 heterocycles. The standard InChI is InChI=1S/C14H22N2/c1-11-8-7-9-14(16(5)6)13(10-11)12(2)15(3)4/h8-10H,2,7H2,1,3-6H3. The Morgan fingerprint density at radius 2 is 1.81 bits per heavy atom. The Bertz CT molecular complexity index is 368. The molecular weight excluding hydrogens is 196 g/mol. The van der Waals surface area contributed by atoms with Crippen LogP contribution in [0.5, 0.6) is 0 Å². The first-order chi connectivity index (χ1) is 7.43. The molecule has 0 N–H and O–H groups in total. The molecule has 0 aromatic heterocycles. The quantitative estimate of drug-likeness (QED) is 0.718. The first kappa shape index (κ1) is 12.6. The molecule has 0 spiro atoms. The fourth-order valence-corrected chi connectivity index (χ4v) is 1.72. The monoisotopic (exact) mass is 218 g/mol. The van der Waals surface area contributed by atoms with E-state index < -0.39 is 0 Å². The van der Waals surface area contributed by atoms with Crippen molar-refractivity contribution in [1.82, 2.24) is 9.80 Å². The van der Waals surface area contributed by atoms with Crippen LogP contribution in [0.25, 0.3) is 0 Å². The molecule has 2 nitrogen and oxygen atoms in total. The van der Waals surface area contributed by atoms with Crippen molar-refractivity contribution < 1.29 is 0 Å². The van der Waals surface area contributed by atoms with E-state index in [0.29, 0.717) is 0 Å². The second-order valence-electron chi connectivity index (χ2n) is 4.57. The number of allylic oxidation sites excluding steroid dienone is 4. The number of nitrogens with zero attached hydrogens (tertiary/aromatic N) is 2. The third kappa shape index (κ3) is 2.78. The third-order valence-corrected chi connectivity index (χ3v) is 2.73. The summed E-state index contributed by atoms with van der Waals surface area (Å²) in [6.45, 7) is 6.28. The molecule has 0 radical (unpaired) electrons. The number of rotatable bonds is 3. The minimum absolute atomic E-state index is 0.986. The van der Waals surface area contributed by atoms with Gasteiger partial charge >= 0.3 is 0 Å². The molecule has 1 rings (SSSR count). The summed E-state index contributed by atoms with van der Waals surface area (Å²) in [7, 11) is 8.20. The molecule has 16 heavy (non-hydrogen) atoms. The summed E-state index contributed by atoms with van der Waals surface area (Å²) >= 11 is 0. The summed E-state index contributed by atoms with van der Waals surface area (Å²) in [6.07, 6.45) is 7.68. The van der Waals surface area contributed by atoms with E-state index in [1.54, 1.807) is 0 Å². The van der Waals surface area contributed by atoms with Gasteiger partial charge in [-0.3, -0.25) is 0 Å². The fourth-order valence-electron chi connectivity index (χ4n) is 1.72. The maximum absolute atomic E-state index is 4.15. The molecule has 0 aromatic rings. The maximum Gasteiger partial charge on any atom is 0.0418 e. The lowest BCUT2D eigenvalue weighted by atomic mass is 10.1. The SMILES string of the molecule is C=C(C1=CC(C)=CCC=C1N(C)C)N(C)C. The van der Waals surface area contributed by atoms with E-state index in [1.165, 1.54) is 16.8 Å². The predicted octanol–water partition coefficient (Wildman–Crippen LogP) is 2.78. The van der Waals surface area contributed by atoms with Crippen LogP contribution in [-0.4, -0.2) is 38.0 Å². The van der Waals surface area contributed by atoms with Gasteiger partial charge in [-0.2, -0.15) is 0 Å². The second kappa shape index (κ2) is 5.06. The van der Waals surface area contributed by atoms with Gasteiger partial charge in [-0.25, -0.2) is 0 Å². The normalized spacial score (nSPS) is 15.7. The molecule has 1 aliphatic rings. The van der Waals surface area contributed by atoms with Gasteiger partial charge in [0.15, 0.2) is 0 Å². The number of hydrogen-bond donors (Lipinski definition) is 0. The van der Waals surface area contributed by atoms with Crippen molar-refractivity contribution in [1.29, 1.82) is 0 Å². The zero-order valence-corrected chi connectivity index (χ0v) is 11.0. The lowest BCUT2D eigenvalue weighted by molar-refractivity contribution is 0.489. The summed E-state index contributed by atoms with van der Waals surface area (Å²) in [4.78, 5) is 4.20. The Morgan fingerprint density at radius 3 is 2.31 bits per heavy atom. The van der Waals surface area contributed by atoms with E-state index in [4.69, 9.17) is 0 Å². The molecule has 0 saturated carbocycles. The molecule has 0 aromatic carbocycles. The molecule has 0 aliphatic heterocycles. The molecule has 0 unspecified atom stereocenters. The van der Waals surface area contributed by atoms with Crippen molar-refractivity contribution in [2.75, 3.05) is 28.2 Å². The van der Waals surface area contributed by atoms with Gasteiger partial charge in [-0.15, -0.1) is 0 Å². The predicted molar refractivity (Wildman–Crippen MR) is 71.1 cm³/mol. The van der Waals surface area contributed by atoms with Crippen LogP contribution in [-0.2, 0) is 0 Å². The van der Waals surface area contributed by atoms with Gasteiger partial charge in [0.05, 0.1) is 0 Å². The first-order valence-corrected chi connectivity index (χ1v) is 5.56. The molecule has 0 saturated heterocycles. The van der Waals surface area contributed by atoms with E-state index in [2.05, 4.69) is 55.6 Å².